The molecule has 0 amide bonds. The minimum Gasteiger partial charge on any atom is -0.348 e. The molecular weight excluding hydrogens is 1220 g/mol. The van der Waals surface area contributed by atoms with Crippen LogP contribution in [0.25, 0.3) is 11.1 Å². The summed E-state index contributed by atoms with van der Waals surface area (Å²) in [7, 11) is 0. The summed E-state index contributed by atoms with van der Waals surface area (Å²) in [5.41, 5.74) is 16.7. The Morgan fingerprint density at radius 1 is 0.290 bits per heavy atom. The molecule has 93 heavy (non-hydrogen) atoms. The summed E-state index contributed by atoms with van der Waals surface area (Å²) < 4.78 is 0. The Morgan fingerprint density at radius 2 is 0.484 bits per heavy atom. The Labute approximate surface area is 599 Å². The Kier molecular flexibility index (Phi) is 80.7. The Morgan fingerprint density at radius 3 is 0.688 bits per heavy atom. The first kappa shape index (κ1) is 93.1. The molecule has 0 bridgehead atoms. The van der Waals surface area contributed by atoms with Gasteiger partial charge in [-0.1, -0.05) is 462 Å². The van der Waals surface area contributed by atoms with Gasteiger partial charge in [-0.05, 0) is 72.4 Å². The summed E-state index contributed by atoms with van der Waals surface area (Å²) in [6.45, 7) is 19.1. The summed E-state index contributed by atoms with van der Waals surface area (Å²) in [4.78, 5) is 3.28. The number of hydrogen-bond donors (Lipinski definition) is 0. The van der Waals surface area contributed by atoms with E-state index in [0.29, 0.717) is 0 Å². The first-order valence-electron chi connectivity index (χ1n) is 42.0. The fraction of sp³-hybridized carbons (Fsp3) is 0.800. The van der Waals surface area contributed by atoms with Crippen molar-refractivity contribution in [2.75, 3.05) is 0 Å². The molecule has 2 rings (SSSR count). The maximum atomic E-state index is 9.32. The molecule has 2 aromatic carbocycles. The number of hydrogen-bond acceptors (Lipinski definition) is 0. The molecular formula is C90H162N2Pd. The van der Waals surface area contributed by atoms with Gasteiger partial charge in [-0.15, -0.1) is 4.79 Å². The molecule has 0 fully saturated rings. The molecule has 2 nitrogen and oxygen atoms in total. The minimum absolute atomic E-state index is 0. The largest absolute Gasteiger partial charge is 2.00 e. The van der Waals surface area contributed by atoms with Crippen LogP contribution in [0.4, 0.5) is 0 Å². The van der Waals surface area contributed by atoms with Gasteiger partial charge in [-0.3, -0.25) is 0 Å². The molecule has 0 N–H and O–H groups in total. The average molecular weight is 1380 g/mol. The van der Waals surface area contributed by atoms with Gasteiger partial charge in [0.1, 0.15) is 0 Å². The van der Waals surface area contributed by atoms with Gasteiger partial charge in [-0.2, -0.15) is 12.8 Å². The van der Waals surface area contributed by atoms with Crippen molar-refractivity contribution in [2.45, 2.75) is 465 Å². The molecule has 0 aliphatic carbocycles. The first-order chi connectivity index (χ1) is 45.5. The quantitative estimate of drug-likeness (QED) is 0.0120. The zero-order valence-corrected chi connectivity index (χ0v) is 65.3. The van der Waals surface area contributed by atoms with Gasteiger partial charge in [0, 0.05) is 0 Å². The van der Waals surface area contributed by atoms with Gasteiger partial charge >= 0.3 is 26.3 Å². The smallest absolute Gasteiger partial charge is 0.348 e. The van der Waals surface area contributed by atoms with E-state index in [2.05, 4.69) is 114 Å². The van der Waals surface area contributed by atoms with E-state index in [4.69, 9.17) is 0 Å². The molecule has 0 atom stereocenters. The molecule has 542 valence electrons. The molecule has 3 heteroatoms. The maximum absolute atomic E-state index is 9.32. The zero-order chi connectivity index (χ0) is 66.6. The number of benzene rings is 2. The molecule has 2 aromatic rings. The molecule has 0 unspecified atom stereocenters. The van der Waals surface area contributed by atoms with Crippen LogP contribution < -0.4 is 0 Å². The maximum Gasteiger partial charge on any atom is 2.00 e. The average Bonchev–Trinajstić information content (AvgIpc) is 1.10. The third kappa shape index (κ3) is 68.3. The number of aryl methyl sites for hydroxylation is 2. The monoisotopic (exact) mass is 1380 g/mol. The fourth-order valence-electron chi connectivity index (χ4n) is 13.3. The van der Waals surface area contributed by atoms with Gasteiger partial charge in [0.15, 0.2) is 0 Å². The van der Waals surface area contributed by atoms with E-state index in [1.54, 1.807) is 0 Å². The van der Waals surface area contributed by atoms with Crippen molar-refractivity contribution >= 4 is 11.4 Å². The molecule has 0 radical (unpaired) electrons. The van der Waals surface area contributed by atoms with Crippen molar-refractivity contribution in [3.8, 4) is 0 Å². The molecule has 0 saturated carbocycles. The third-order valence-electron chi connectivity index (χ3n) is 19.7. The predicted molar refractivity (Wildman–Crippen MR) is 419 cm³/mol. The Bertz CT molecular complexity index is 1770. The fourth-order valence-corrected chi connectivity index (χ4v) is 13.3. The van der Waals surface area contributed by atoms with Crippen LogP contribution in [0.3, 0.4) is 0 Å². The molecule has 0 aromatic heterocycles. The van der Waals surface area contributed by atoms with Crippen LogP contribution in [0.5, 0.6) is 0 Å². The van der Waals surface area contributed by atoms with Crippen molar-refractivity contribution < 1.29 is 25.2 Å². The van der Waals surface area contributed by atoms with E-state index in [1.807, 2.05) is 0 Å². The van der Waals surface area contributed by atoms with Crippen LogP contribution in [0.1, 0.15) is 474 Å². The summed E-state index contributed by atoms with van der Waals surface area (Å²) in [6, 6.07) is 18.3. The van der Waals surface area contributed by atoms with Crippen molar-refractivity contribution in [1.29, 1.82) is 0 Å². The van der Waals surface area contributed by atoms with Gasteiger partial charge in [0.25, 0.3) is 0 Å². The van der Waals surface area contributed by atoms with Crippen LogP contribution in [-0.4, -0.2) is 10.7 Å². The molecule has 0 spiro atoms. The van der Waals surface area contributed by atoms with E-state index in [1.165, 1.54) is 413 Å². The van der Waals surface area contributed by atoms with Crippen molar-refractivity contribution in [3.63, 3.8) is 0 Å². The summed E-state index contributed by atoms with van der Waals surface area (Å²) in [6.07, 6.45) is 95.7. The second-order valence-corrected chi connectivity index (χ2v) is 28.8. The van der Waals surface area contributed by atoms with E-state index in [0.717, 1.165) is 50.5 Å². The number of rotatable bonds is 68. The van der Waals surface area contributed by atoms with Gasteiger partial charge in [-0.25, -0.2) is 0 Å². The number of allylic oxidation sites excluding steroid dienone is 2. The van der Waals surface area contributed by atoms with Crippen LogP contribution in [0.2, 0.25) is 0 Å². The van der Waals surface area contributed by atoms with Crippen molar-refractivity contribution in [3.05, 3.63) is 102 Å². The Hall–Kier alpha value is -2.00. The molecule has 0 heterocycles. The summed E-state index contributed by atoms with van der Waals surface area (Å²) in [5.74, 6) is 2.85. The van der Waals surface area contributed by atoms with Crippen LogP contribution >= 0.6 is 0 Å². The third-order valence-corrected chi connectivity index (χ3v) is 19.7. The second kappa shape index (κ2) is 80.7. The van der Waals surface area contributed by atoms with Crippen LogP contribution in [0.15, 0.2) is 60.2 Å². The molecule has 0 saturated heterocycles. The van der Waals surface area contributed by atoms with E-state index < -0.39 is 0 Å². The first-order valence-corrected chi connectivity index (χ1v) is 42.0. The van der Waals surface area contributed by atoms with Gasteiger partial charge in [0.05, 0.1) is 5.57 Å². The van der Waals surface area contributed by atoms with E-state index in [9.17, 15) is 5.53 Å². The normalized spacial score (nSPS) is 11.2. The zero-order valence-electron chi connectivity index (χ0n) is 63.7. The topological polar surface area (TPSA) is 36.4 Å². The van der Waals surface area contributed by atoms with Crippen molar-refractivity contribution in [2.24, 2.45) is 0 Å². The van der Waals surface area contributed by atoms with E-state index in [-0.39, 0.29) is 20.4 Å². The summed E-state index contributed by atoms with van der Waals surface area (Å²) in [5, 5.41) is 0. The van der Waals surface area contributed by atoms with Crippen molar-refractivity contribution in [1.82, 2.24) is 0 Å². The van der Waals surface area contributed by atoms with Crippen LogP contribution in [0, 0.1) is 13.8 Å². The van der Waals surface area contributed by atoms with Gasteiger partial charge in [0.2, 0.25) is 0 Å². The number of nitrogens with zero attached hydrogens (tertiary/aromatic N) is 2. The summed E-state index contributed by atoms with van der Waals surface area (Å²) >= 11 is 0. The Balaban J connectivity index is 0. The molecule has 0 aliphatic heterocycles. The number of unbranched alkanes of at least 4 members (excludes halogenated alkanes) is 59. The van der Waals surface area contributed by atoms with Crippen LogP contribution in [-0.2, 0) is 33.3 Å². The van der Waals surface area contributed by atoms with E-state index >= 15 is 0 Å². The second-order valence-electron chi connectivity index (χ2n) is 28.8. The SMILES string of the molecule is CCCCCCCCCCCCCCCCCCCCCCCCCCc1ccc(C(=CC(=C=[N+]=[N-])CCCC)c2ccc(CCCCCC)cc2)cc1.[CH2-]CCCCCCCCCCCCCCCCCC.[CH2-]CCCCCCCCCCCCCCCCCC.[Pd+2]. The molecule has 0 aliphatic rings. The standard InChI is InChI=1S/C52H84N2.2C19H39.Pd/c1-4-7-10-12-13-14-15-16-17-18-19-20-21-22-23-24-25-26-27-28-29-30-31-33-36-48-39-43-51(44-40-48)52(45-49(46-54-53)34-9-6-3)50-41-37-47(38-42-50)35-32-11-8-5-2;2*1-3-5-7-9-11-13-15-17-19-18-16-14-12-10-8-6-4-2;/h37-45H,4-36H2,1-3H3;2*1,3-19H2,2H3;/q;2*-1;+2. The minimum atomic E-state index is 0. The van der Waals surface area contributed by atoms with Gasteiger partial charge < -0.3 is 19.4 Å². The predicted octanol–water partition coefficient (Wildman–Crippen LogP) is 32.1.